The van der Waals surface area contributed by atoms with Gasteiger partial charge in [-0.15, -0.1) is 11.3 Å². The van der Waals surface area contributed by atoms with Crippen LogP contribution in [0.3, 0.4) is 0 Å². The van der Waals surface area contributed by atoms with Gasteiger partial charge in [-0.25, -0.2) is 4.98 Å². The van der Waals surface area contributed by atoms with Crippen LogP contribution in [0.1, 0.15) is 23.6 Å². The molecule has 1 aliphatic carbocycles. The van der Waals surface area contributed by atoms with Crippen molar-refractivity contribution in [2.45, 2.75) is 12.3 Å². The highest BCUT2D eigenvalue weighted by Crippen LogP contribution is 2.57. The summed E-state index contributed by atoms with van der Waals surface area (Å²) in [5.74, 6) is 1.85. The number of hydrogen-bond donors (Lipinski definition) is 0. The third-order valence-corrected chi connectivity index (χ3v) is 12.8. The van der Waals surface area contributed by atoms with Gasteiger partial charge >= 0.3 is 0 Å². The van der Waals surface area contributed by atoms with Gasteiger partial charge in [-0.3, -0.25) is 4.57 Å². The van der Waals surface area contributed by atoms with Gasteiger partial charge in [-0.05, 0) is 70.6 Å². The predicted octanol–water partition coefficient (Wildman–Crippen LogP) is 13.7. The van der Waals surface area contributed by atoms with Gasteiger partial charge in [0, 0.05) is 42.1 Å². The second-order valence-electron chi connectivity index (χ2n) is 14.8. The highest BCUT2D eigenvalue weighted by molar-refractivity contribution is 7.26. The minimum absolute atomic E-state index is 0.576. The number of benzene rings is 7. The lowest BCUT2D eigenvalue weighted by molar-refractivity contribution is 0.771. The number of aromatic nitrogens is 4. The average molecular weight is 761 g/mol. The molecule has 3 heterocycles. The molecule has 1 aliphatic rings. The van der Waals surface area contributed by atoms with Crippen molar-refractivity contribution in [3.63, 3.8) is 0 Å². The van der Waals surface area contributed by atoms with Gasteiger partial charge in [0.05, 0.1) is 16.4 Å². The van der Waals surface area contributed by atoms with E-state index in [0.717, 1.165) is 43.2 Å². The Balaban J connectivity index is 1.22. The van der Waals surface area contributed by atoms with Crippen molar-refractivity contribution in [2.75, 3.05) is 0 Å². The molecular weight excluding hydrogens is 725 g/mol. The SMILES string of the molecule is C=C(/C=C\C=C/C)C1(c2ccccc2)c2ccccc2-c2cc3c(cc21)c1ccccc1n3-c1nc(-c2ccccc2)nc(-c2cccc3c2sc2ccccc23)n1. The molecule has 58 heavy (non-hydrogen) atoms. The first-order valence-corrected chi connectivity index (χ1v) is 20.4. The molecule has 0 saturated heterocycles. The summed E-state index contributed by atoms with van der Waals surface area (Å²) in [4.78, 5) is 15.9. The van der Waals surface area contributed by atoms with Gasteiger partial charge in [-0.2, -0.15) is 9.97 Å². The van der Waals surface area contributed by atoms with Crippen molar-refractivity contribution in [1.29, 1.82) is 0 Å². The fraction of sp³-hybridized carbons (Fsp3) is 0.0377. The van der Waals surface area contributed by atoms with E-state index in [1.807, 2.05) is 31.2 Å². The molecule has 0 saturated carbocycles. The maximum Gasteiger partial charge on any atom is 0.238 e. The maximum atomic E-state index is 5.39. The van der Waals surface area contributed by atoms with Crippen LogP contribution in [0.2, 0.25) is 0 Å². The summed E-state index contributed by atoms with van der Waals surface area (Å²) in [6.45, 7) is 6.85. The van der Waals surface area contributed by atoms with E-state index in [2.05, 4.69) is 168 Å². The van der Waals surface area contributed by atoms with Crippen molar-refractivity contribution in [2.24, 2.45) is 0 Å². The van der Waals surface area contributed by atoms with Crippen LogP contribution in [0.15, 0.2) is 200 Å². The molecule has 0 N–H and O–H groups in total. The lowest BCUT2D eigenvalue weighted by Crippen LogP contribution is -2.28. The number of para-hydroxylation sites is 1. The standard InChI is InChI=1S/C53H36N4S/c1-3-4-7-19-34(2)53(36-22-10-6-11-23-36)44-29-15-12-24-37(44)42-33-47-43(32-45(42)53)38-25-13-16-30-46(38)57(47)52-55-50(35-20-8-5-9-21-35)54-51(56-52)41-28-18-27-40-39-26-14-17-31-48(39)58-49(40)41/h3-33H,2H2,1H3/b4-3-,19-7-. The zero-order valence-corrected chi connectivity index (χ0v) is 32.6. The molecule has 4 nitrogen and oxygen atoms in total. The molecule has 0 radical (unpaired) electrons. The minimum Gasteiger partial charge on any atom is -0.278 e. The van der Waals surface area contributed by atoms with Gasteiger partial charge in [0.2, 0.25) is 5.95 Å². The molecule has 0 bridgehead atoms. The van der Waals surface area contributed by atoms with Gasteiger partial charge in [-0.1, -0.05) is 164 Å². The van der Waals surface area contributed by atoms with Crippen LogP contribution in [0, 0.1) is 0 Å². The molecule has 274 valence electrons. The number of thiophene rings is 1. The molecule has 0 aliphatic heterocycles. The van der Waals surface area contributed by atoms with Crippen LogP contribution in [0.25, 0.3) is 81.8 Å². The van der Waals surface area contributed by atoms with Crippen LogP contribution >= 0.6 is 11.3 Å². The van der Waals surface area contributed by atoms with E-state index in [4.69, 9.17) is 21.5 Å². The molecule has 1 unspecified atom stereocenters. The van der Waals surface area contributed by atoms with Crippen LogP contribution in [-0.2, 0) is 5.41 Å². The van der Waals surface area contributed by atoms with Gasteiger partial charge in [0.1, 0.15) is 0 Å². The summed E-state index contributed by atoms with van der Waals surface area (Å²) >= 11 is 1.78. The Morgan fingerprint density at radius 1 is 0.569 bits per heavy atom. The third-order valence-electron chi connectivity index (χ3n) is 11.6. The maximum absolute atomic E-state index is 5.39. The lowest BCUT2D eigenvalue weighted by Gasteiger charge is -2.34. The largest absolute Gasteiger partial charge is 0.278 e. The normalized spacial score (nSPS) is 15.0. The van der Waals surface area contributed by atoms with Crippen LogP contribution in [0.5, 0.6) is 0 Å². The first-order chi connectivity index (χ1) is 28.6. The first kappa shape index (κ1) is 34.1. The second kappa shape index (κ2) is 13.5. The third kappa shape index (κ3) is 5.03. The summed E-state index contributed by atoms with van der Waals surface area (Å²) < 4.78 is 4.64. The zero-order valence-electron chi connectivity index (χ0n) is 31.8. The van der Waals surface area contributed by atoms with Crippen molar-refractivity contribution in [3.8, 4) is 39.9 Å². The van der Waals surface area contributed by atoms with Gasteiger partial charge in [0.15, 0.2) is 11.6 Å². The Morgan fingerprint density at radius 2 is 1.26 bits per heavy atom. The average Bonchev–Trinajstić information content (AvgIpc) is 3.92. The van der Waals surface area contributed by atoms with E-state index in [-0.39, 0.29) is 0 Å². The summed E-state index contributed by atoms with van der Waals surface area (Å²) in [5, 5.41) is 4.70. The molecule has 10 aromatic rings. The zero-order chi connectivity index (χ0) is 38.8. The van der Waals surface area contributed by atoms with Crippen LogP contribution < -0.4 is 0 Å². The Bertz CT molecular complexity index is 3320. The molecule has 11 rings (SSSR count). The fourth-order valence-corrected chi connectivity index (χ4v) is 10.3. The fourth-order valence-electron chi connectivity index (χ4n) is 9.12. The number of allylic oxidation sites excluding steroid dienone is 5. The van der Waals surface area contributed by atoms with Crippen LogP contribution in [0.4, 0.5) is 0 Å². The summed E-state index contributed by atoms with van der Waals surface area (Å²) in [6.07, 6.45) is 8.38. The number of hydrogen-bond acceptors (Lipinski definition) is 4. The Kier molecular flexibility index (Phi) is 7.92. The van der Waals surface area contributed by atoms with E-state index in [1.54, 1.807) is 11.3 Å². The second-order valence-corrected chi connectivity index (χ2v) is 15.8. The highest BCUT2D eigenvalue weighted by Gasteiger charge is 2.46. The number of rotatable bonds is 7. The monoisotopic (exact) mass is 760 g/mol. The van der Waals surface area contributed by atoms with Crippen molar-refractivity contribution in [1.82, 2.24) is 19.5 Å². The van der Waals surface area contributed by atoms with E-state index < -0.39 is 5.41 Å². The predicted molar refractivity (Wildman–Crippen MR) is 243 cm³/mol. The molecule has 0 spiro atoms. The van der Waals surface area contributed by atoms with Crippen molar-refractivity contribution < 1.29 is 0 Å². The van der Waals surface area contributed by atoms with Crippen LogP contribution in [-0.4, -0.2) is 19.5 Å². The first-order valence-electron chi connectivity index (χ1n) is 19.6. The summed E-state index contributed by atoms with van der Waals surface area (Å²) in [7, 11) is 0. The van der Waals surface area contributed by atoms with E-state index >= 15 is 0 Å². The minimum atomic E-state index is -0.605. The Morgan fingerprint density at radius 3 is 2.10 bits per heavy atom. The smallest absolute Gasteiger partial charge is 0.238 e. The Labute approximate surface area is 340 Å². The molecule has 3 aromatic heterocycles. The van der Waals surface area contributed by atoms with E-state index in [9.17, 15) is 0 Å². The molecule has 5 heteroatoms. The van der Waals surface area contributed by atoms with Gasteiger partial charge in [0.25, 0.3) is 0 Å². The van der Waals surface area contributed by atoms with E-state index in [1.165, 1.54) is 43.3 Å². The number of nitrogens with zero attached hydrogens (tertiary/aromatic N) is 4. The van der Waals surface area contributed by atoms with Crippen molar-refractivity contribution in [3.05, 3.63) is 217 Å². The van der Waals surface area contributed by atoms with Gasteiger partial charge < -0.3 is 0 Å². The molecule has 0 fully saturated rings. The summed E-state index contributed by atoms with van der Waals surface area (Å²) in [6, 6.07) is 58.3. The highest BCUT2D eigenvalue weighted by atomic mass is 32.1. The summed E-state index contributed by atoms with van der Waals surface area (Å²) in [5.41, 5.74) is 10.4. The molecule has 1 atom stereocenters. The number of fused-ring (bicyclic) bond motifs is 9. The lowest BCUT2D eigenvalue weighted by atomic mass is 9.67. The quantitative estimate of drug-likeness (QED) is 0.152. The molecule has 0 amide bonds. The van der Waals surface area contributed by atoms with E-state index in [0.29, 0.717) is 17.6 Å². The Hall–Kier alpha value is -7.21. The molecular formula is C53H36N4S. The topological polar surface area (TPSA) is 43.6 Å². The van der Waals surface area contributed by atoms with Crippen molar-refractivity contribution >= 4 is 53.3 Å². The molecule has 7 aromatic carbocycles.